The lowest BCUT2D eigenvalue weighted by atomic mass is 10.0. The second kappa shape index (κ2) is 19.3. The molecule has 0 saturated carbocycles. The van der Waals surface area contributed by atoms with Crippen molar-refractivity contribution in [3.63, 3.8) is 0 Å². The molecule has 0 aliphatic rings. The summed E-state index contributed by atoms with van der Waals surface area (Å²) < 4.78 is 4.90. The Hall–Kier alpha value is -0.690. The summed E-state index contributed by atoms with van der Waals surface area (Å²) in [6, 6.07) is 0. The van der Waals surface area contributed by atoms with Crippen LogP contribution in [0.2, 0.25) is 0 Å². The third kappa shape index (κ3) is 17.8. The van der Waals surface area contributed by atoms with Gasteiger partial charge in [0.15, 0.2) is 0 Å². The monoisotopic (exact) mass is 418 g/mol. The maximum absolute atomic E-state index is 11.6. The summed E-state index contributed by atoms with van der Waals surface area (Å²) in [6.07, 6.45) is 12.1. The normalized spacial score (nSPS) is 14.7. The van der Waals surface area contributed by atoms with Crippen molar-refractivity contribution in [2.45, 2.75) is 122 Å². The second-order valence-electron chi connectivity index (χ2n) is 8.67. The maximum atomic E-state index is 11.6. The third-order valence-electron chi connectivity index (χ3n) is 5.30. The molecule has 0 aliphatic carbocycles. The minimum Gasteiger partial charge on any atom is -0.463 e. The van der Waals surface area contributed by atoms with Gasteiger partial charge in [0.05, 0.1) is 6.61 Å². The molecule has 4 N–H and O–H groups in total. The number of ether oxygens (including phenoxy) is 1. The van der Waals surface area contributed by atoms with Crippen molar-refractivity contribution >= 4 is 5.97 Å². The Labute approximate surface area is 177 Å². The molecule has 0 aromatic heterocycles. The fourth-order valence-electron chi connectivity index (χ4n) is 3.30. The first-order valence-electron chi connectivity index (χ1n) is 11.7. The first-order valence-corrected chi connectivity index (χ1v) is 11.7. The highest BCUT2D eigenvalue weighted by molar-refractivity contribution is 5.69. The van der Waals surface area contributed by atoms with E-state index in [4.69, 9.17) is 9.84 Å². The summed E-state index contributed by atoms with van der Waals surface area (Å²) in [7, 11) is 0. The summed E-state index contributed by atoms with van der Waals surface area (Å²) in [5.41, 5.74) is 0. The third-order valence-corrected chi connectivity index (χ3v) is 5.30. The molecule has 6 nitrogen and oxygen atoms in total. The van der Waals surface area contributed by atoms with Crippen molar-refractivity contribution in [1.29, 1.82) is 0 Å². The van der Waals surface area contributed by atoms with Crippen molar-refractivity contribution in [1.82, 2.24) is 0 Å². The van der Waals surface area contributed by atoms with E-state index in [1.54, 1.807) is 0 Å². The van der Waals surface area contributed by atoms with Crippen LogP contribution < -0.4 is 0 Å². The molecule has 0 aromatic rings. The molecule has 0 radical (unpaired) electrons. The number of carbonyl (C=O) groups is 1. The van der Waals surface area contributed by atoms with Crippen molar-refractivity contribution in [2.75, 3.05) is 13.2 Å². The molecule has 0 amide bonds. The minimum absolute atomic E-state index is 0.294. The zero-order valence-electron chi connectivity index (χ0n) is 18.7. The van der Waals surface area contributed by atoms with E-state index in [2.05, 4.69) is 13.8 Å². The van der Waals surface area contributed by atoms with E-state index < -0.39 is 30.9 Å². The van der Waals surface area contributed by atoms with E-state index in [9.17, 15) is 20.1 Å². The van der Waals surface area contributed by atoms with Crippen LogP contribution >= 0.6 is 0 Å². The molecule has 29 heavy (non-hydrogen) atoms. The van der Waals surface area contributed by atoms with E-state index in [0.717, 1.165) is 25.2 Å². The Balaban J connectivity index is 3.37. The maximum Gasteiger partial charge on any atom is 0.305 e. The smallest absolute Gasteiger partial charge is 0.305 e. The van der Waals surface area contributed by atoms with E-state index >= 15 is 0 Å². The standard InChI is InChI=1S/C23H46O6/c1-19(2)15-13-11-9-7-5-3-4-6-8-10-12-14-16-22(27)29-18-21(26)23(28)20(25)17-24/h19-21,23-26,28H,3-18H2,1-2H3/t20-,21+,23+/m1/s1. The quantitative estimate of drug-likeness (QED) is 0.177. The first kappa shape index (κ1) is 28.3. The number of aliphatic hydroxyl groups excluding tert-OH is 4. The number of rotatable bonds is 20. The molecule has 0 unspecified atom stereocenters. The molecule has 0 rings (SSSR count). The Morgan fingerprint density at radius 1 is 0.724 bits per heavy atom. The Bertz CT molecular complexity index is 374. The van der Waals surface area contributed by atoms with E-state index in [0.29, 0.717) is 6.42 Å². The molecule has 0 bridgehead atoms. The Morgan fingerprint density at radius 2 is 1.17 bits per heavy atom. The number of hydrogen-bond donors (Lipinski definition) is 4. The van der Waals surface area contributed by atoms with Crippen molar-refractivity contribution in [2.24, 2.45) is 5.92 Å². The highest BCUT2D eigenvalue weighted by Crippen LogP contribution is 2.14. The van der Waals surface area contributed by atoms with Crippen LogP contribution in [0.5, 0.6) is 0 Å². The van der Waals surface area contributed by atoms with Crippen molar-refractivity contribution < 1.29 is 30.0 Å². The lowest BCUT2D eigenvalue weighted by Gasteiger charge is -2.21. The molecule has 0 fully saturated rings. The van der Waals surface area contributed by atoms with Crippen molar-refractivity contribution in [3.8, 4) is 0 Å². The van der Waals surface area contributed by atoms with Gasteiger partial charge in [0, 0.05) is 6.42 Å². The van der Waals surface area contributed by atoms with Crippen LogP contribution in [0.1, 0.15) is 104 Å². The molecule has 0 spiro atoms. The number of carbonyl (C=O) groups excluding carboxylic acids is 1. The van der Waals surface area contributed by atoms with Gasteiger partial charge in [-0.2, -0.15) is 0 Å². The largest absolute Gasteiger partial charge is 0.463 e. The number of hydrogen-bond acceptors (Lipinski definition) is 6. The molecule has 0 saturated heterocycles. The highest BCUT2D eigenvalue weighted by atomic mass is 16.5. The van der Waals surface area contributed by atoms with Gasteiger partial charge < -0.3 is 25.2 Å². The molecular weight excluding hydrogens is 372 g/mol. The fraction of sp³-hybridized carbons (Fsp3) is 0.957. The summed E-state index contributed by atoms with van der Waals surface area (Å²) in [5.74, 6) is 0.420. The second-order valence-corrected chi connectivity index (χ2v) is 8.67. The summed E-state index contributed by atoms with van der Waals surface area (Å²) in [4.78, 5) is 11.6. The van der Waals surface area contributed by atoms with E-state index in [1.165, 1.54) is 64.2 Å². The van der Waals surface area contributed by atoms with Gasteiger partial charge in [0.2, 0.25) is 0 Å². The van der Waals surface area contributed by atoms with Gasteiger partial charge in [-0.15, -0.1) is 0 Å². The molecular formula is C23H46O6. The van der Waals surface area contributed by atoms with Crippen LogP contribution in [0.15, 0.2) is 0 Å². The molecule has 6 heteroatoms. The van der Waals surface area contributed by atoms with E-state index in [1.807, 2.05) is 0 Å². The fourth-order valence-corrected chi connectivity index (χ4v) is 3.30. The van der Waals surface area contributed by atoms with Crippen LogP contribution in [0, 0.1) is 5.92 Å². The Morgan fingerprint density at radius 3 is 1.62 bits per heavy atom. The van der Waals surface area contributed by atoms with Gasteiger partial charge >= 0.3 is 5.97 Å². The van der Waals surface area contributed by atoms with Gasteiger partial charge in [-0.25, -0.2) is 0 Å². The van der Waals surface area contributed by atoms with Gasteiger partial charge in [-0.1, -0.05) is 90.9 Å². The summed E-state index contributed by atoms with van der Waals surface area (Å²) in [6.45, 7) is 3.54. The number of aliphatic hydroxyl groups is 4. The molecule has 3 atom stereocenters. The van der Waals surface area contributed by atoms with Crippen LogP contribution in [0.4, 0.5) is 0 Å². The predicted octanol–water partition coefficient (Wildman–Crippen LogP) is 3.72. The average molecular weight is 419 g/mol. The van der Waals surface area contributed by atoms with Crippen LogP contribution in [0.3, 0.4) is 0 Å². The topological polar surface area (TPSA) is 107 Å². The zero-order chi connectivity index (χ0) is 21.9. The van der Waals surface area contributed by atoms with Crippen LogP contribution in [-0.2, 0) is 9.53 Å². The van der Waals surface area contributed by atoms with E-state index in [-0.39, 0.29) is 6.61 Å². The Kier molecular flexibility index (Phi) is 18.8. The summed E-state index contributed by atoms with van der Waals surface area (Å²) >= 11 is 0. The van der Waals surface area contributed by atoms with Crippen molar-refractivity contribution in [3.05, 3.63) is 0 Å². The first-order chi connectivity index (χ1) is 13.9. The molecule has 0 aliphatic heterocycles. The van der Waals surface area contributed by atoms with Crippen LogP contribution in [-0.4, -0.2) is 57.9 Å². The lowest BCUT2D eigenvalue weighted by Crippen LogP contribution is -2.42. The van der Waals surface area contributed by atoms with Gasteiger partial charge in [0.25, 0.3) is 0 Å². The van der Waals surface area contributed by atoms with Crippen LogP contribution in [0.25, 0.3) is 0 Å². The molecule has 0 aromatic carbocycles. The lowest BCUT2D eigenvalue weighted by molar-refractivity contribution is -0.152. The van der Waals surface area contributed by atoms with Gasteiger partial charge in [0.1, 0.15) is 24.9 Å². The molecule has 0 heterocycles. The SMILES string of the molecule is CC(C)CCCCCCCCCCCCCCC(=O)OC[C@H](O)[C@@H](O)[C@H](O)CO. The zero-order valence-corrected chi connectivity index (χ0v) is 18.7. The van der Waals surface area contributed by atoms with Gasteiger partial charge in [-0.3, -0.25) is 4.79 Å². The summed E-state index contributed by atoms with van der Waals surface area (Å²) in [5, 5.41) is 37.0. The predicted molar refractivity (Wildman–Crippen MR) is 116 cm³/mol. The average Bonchev–Trinajstić information content (AvgIpc) is 2.70. The minimum atomic E-state index is -1.53. The number of unbranched alkanes of at least 4 members (excludes halogenated alkanes) is 11. The highest BCUT2D eigenvalue weighted by Gasteiger charge is 2.25. The number of esters is 1. The molecule has 174 valence electrons. The van der Waals surface area contributed by atoms with Gasteiger partial charge in [-0.05, 0) is 12.3 Å².